The number of benzene rings is 1. The summed E-state index contributed by atoms with van der Waals surface area (Å²) in [6.07, 6.45) is 0.355. The van der Waals surface area contributed by atoms with E-state index < -0.39 is 17.7 Å². The van der Waals surface area contributed by atoms with Gasteiger partial charge in [0.1, 0.15) is 0 Å². The zero-order valence-corrected chi connectivity index (χ0v) is 16.4. The Hall–Kier alpha value is -2.48. The third-order valence-corrected chi connectivity index (χ3v) is 5.33. The largest absolute Gasteiger partial charge is 0.416 e. The summed E-state index contributed by atoms with van der Waals surface area (Å²) < 4.78 is 41.3. The van der Waals surface area contributed by atoms with Crippen molar-refractivity contribution in [1.29, 1.82) is 0 Å². The third kappa shape index (κ3) is 3.73. The molecular formula is C20H18ClF3N4O. The van der Waals surface area contributed by atoms with E-state index >= 15 is 0 Å². The second kappa shape index (κ2) is 7.40. The molecule has 0 saturated carbocycles. The van der Waals surface area contributed by atoms with Crippen LogP contribution in [0.1, 0.15) is 54.5 Å². The summed E-state index contributed by atoms with van der Waals surface area (Å²) in [7, 11) is 0. The molecule has 0 N–H and O–H groups in total. The first-order valence-corrected chi connectivity index (χ1v) is 9.79. The predicted molar refractivity (Wildman–Crippen MR) is 102 cm³/mol. The number of Topliss-reactive ketones (excluding diaryl/α,β-unsaturated/α-hetero) is 1. The molecule has 0 radical (unpaired) electrons. The number of unbranched alkanes of at least 4 members (excludes halogenated alkanes) is 2. The zero-order chi connectivity index (χ0) is 20.8. The van der Waals surface area contributed by atoms with Crippen LogP contribution in [0.15, 0.2) is 24.4 Å². The molecule has 0 aliphatic heterocycles. The molecule has 3 aromatic rings. The number of hydrogen-bond acceptors (Lipinski definition) is 4. The van der Waals surface area contributed by atoms with E-state index in [9.17, 15) is 18.0 Å². The number of halogens is 4. The van der Waals surface area contributed by atoms with Crippen molar-refractivity contribution in [1.82, 2.24) is 19.7 Å². The van der Waals surface area contributed by atoms with Crippen molar-refractivity contribution in [2.75, 3.05) is 0 Å². The Kier molecular flexibility index (Phi) is 5.06. The van der Waals surface area contributed by atoms with Gasteiger partial charge in [-0.25, -0.2) is 4.98 Å². The lowest BCUT2D eigenvalue weighted by molar-refractivity contribution is -0.137. The molecule has 1 aliphatic carbocycles. The quantitative estimate of drug-likeness (QED) is 0.431. The maximum atomic E-state index is 13.2. The summed E-state index contributed by atoms with van der Waals surface area (Å²) in [6, 6.07) is 3.41. The molecule has 5 nitrogen and oxygen atoms in total. The van der Waals surface area contributed by atoms with Crippen LogP contribution in [-0.4, -0.2) is 25.5 Å². The SMILES string of the molecule is CCCCCn1cc2c(C3C(=O)Cc4ccc(C(F)(F)F)cc43)nc(Cl)nc2n1. The van der Waals surface area contributed by atoms with Gasteiger partial charge in [0.25, 0.3) is 0 Å². The van der Waals surface area contributed by atoms with Gasteiger partial charge in [-0.05, 0) is 41.3 Å². The number of aryl methyl sites for hydroxylation is 1. The summed E-state index contributed by atoms with van der Waals surface area (Å²) >= 11 is 6.05. The Morgan fingerprint density at radius 1 is 1.24 bits per heavy atom. The number of alkyl halides is 3. The van der Waals surface area contributed by atoms with E-state index in [-0.39, 0.29) is 17.5 Å². The van der Waals surface area contributed by atoms with Crippen LogP contribution >= 0.6 is 11.6 Å². The number of fused-ring (bicyclic) bond motifs is 2. The van der Waals surface area contributed by atoms with Crippen LogP contribution in [0.4, 0.5) is 13.2 Å². The summed E-state index contributed by atoms with van der Waals surface area (Å²) in [5.41, 5.74) is 0.753. The van der Waals surface area contributed by atoms with Gasteiger partial charge >= 0.3 is 6.18 Å². The number of ketones is 1. The highest BCUT2D eigenvalue weighted by atomic mass is 35.5. The van der Waals surface area contributed by atoms with Gasteiger partial charge in [-0.3, -0.25) is 9.48 Å². The second-order valence-corrected chi connectivity index (χ2v) is 7.54. The van der Waals surface area contributed by atoms with Crippen molar-refractivity contribution in [3.05, 3.63) is 52.1 Å². The van der Waals surface area contributed by atoms with E-state index in [1.807, 2.05) is 0 Å². The van der Waals surface area contributed by atoms with E-state index in [0.717, 1.165) is 31.4 Å². The van der Waals surface area contributed by atoms with Crippen molar-refractivity contribution in [3.8, 4) is 0 Å². The molecule has 9 heteroatoms. The number of carbonyl (C=O) groups excluding carboxylic acids is 1. The van der Waals surface area contributed by atoms with Gasteiger partial charge in [-0.1, -0.05) is 25.8 Å². The van der Waals surface area contributed by atoms with Crippen LogP contribution in [0.25, 0.3) is 11.0 Å². The van der Waals surface area contributed by atoms with Gasteiger partial charge in [0, 0.05) is 19.2 Å². The molecule has 0 saturated heterocycles. The highest BCUT2D eigenvalue weighted by Crippen LogP contribution is 2.40. The predicted octanol–water partition coefficient (Wildman–Crippen LogP) is 4.95. The number of hydrogen-bond donors (Lipinski definition) is 0. The van der Waals surface area contributed by atoms with Gasteiger partial charge in [0.15, 0.2) is 11.4 Å². The molecule has 4 rings (SSSR count). The molecule has 1 atom stereocenters. The molecule has 0 fully saturated rings. The van der Waals surface area contributed by atoms with Gasteiger partial charge in [-0.15, -0.1) is 0 Å². The second-order valence-electron chi connectivity index (χ2n) is 7.20. The molecule has 152 valence electrons. The highest BCUT2D eigenvalue weighted by molar-refractivity contribution is 6.28. The molecule has 0 bridgehead atoms. The monoisotopic (exact) mass is 422 g/mol. The minimum absolute atomic E-state index is 0.0614. The fraction of sp³-hybridized carbons (Fsp3) is 0.400. The highest BCUT2D eigenvalue weighted by Gasteiger charge is 2.38. The van der Waals surface area contributed by atoms with E-state index in [0.29, 0.717) is 34.4 Å². The van der Waals surface area contributed by atoms with Gasteiger partial charge in [0.05, 0.1) is 22.6 Å². The van der Waals surface area contributed by atoms with Crippen LogP contribution in [0.5, 0.6) is 0 Å². The molecule has 1 unspecified atom stereocenters. The van der Waals surface area contributed by atoms with Crippen LogP contribution in [0, 0.1) is 0 Å². The Bertz CT molecular complexity index is 1090. The lowest BCUT2D eigenvalue weighted by Crippen LogP contribution is -2.12. The van der Waals surface area contributed by atoms with Crippen molar-refractivity contribution in [2.24, 2.45) is 0 Å². The molecule has 29 heavy (non-hydrogen) atoms. The van der Waals surface area contributed by atoms with Crippen molar-refractivity contribution in [3.63, 3.8) is 0 Å². The van der Waals surface area contributed by atoms with E-state index in [1.165, 1.54) is 6.07 Å². The Labute approximate surface area is 169 Å². The third-order valence-electron chi connectivity index (χ3n) is 5.16. The van der Waals surface area contributed by atoms with E-state index in [1.54, 1.807) is 10.9 Å². The van der Waals surface area contributed by atoms with E-state index in [4.69, 9.17) is 11.6 Å². The van der Waals surface area contributed by atoms with Gasteiger partial charge in [0.2, 0.25) is 5.28 Å². The summed E-state index contributed by atoms with van der Waals surface area (Å²) in [6.45, 7) is 2.77. The molecular weight excluding hydrogens is 405 g/mol. The normalized spacial score (nSPS) is 16.6. The van der Waals surface area contributed by atoms with Crippen LogP contribution in [0.3, 0.4) is 0 Å². The average molecular weight is 423 g/mol. The zero-order valence-electron chi connectivity index (χ0n) is 15.6. The summed E-state index contributed by atoms with van der Waals surface area (Å²) in [5, 5.41) is 4.86. The molecule has 1 aromatic carbocycles. The number of nitrogens with zero attached hydrogens (tertiary/aromatic N) is 4. The van der Waals surface area contributed by atoms with Gasteiger partial charge in [-0.2, -0.15) is 23.3 Å². The minimum Gasteiger partial charge on any atom is -0.298 e. The molecule has 2 aromatic heterocycles. The first-order valence-electron chi connectivity index (χ1n) is 9.41. The van der Waals surface area contributed by atoms with Crippen LogP contribution < -0.4 is 0 Å². The minimum atomic E-state index is -4.49. The number of aromatic nitrogens is 4. The smallest absolute Gasteiger partial charge is 0.298 e. The Morgan fingerprint density at radius 2 is 2.03 bits per heavy atom. The van der Waals surface area contributed by atoms with Crippen molar-refractivity contribution < 1.29 is 18.0 Å². The lowest BCUT2D eigenvalue weighted by atomic mass is 9.94. The number of carbonyl (C=O) groups is 1. The topological polar surface area (TPSA) is 60.7 Å². The van der Waals surface area contributed by atoms with Crippen LogP contribution in [0.2, 0.25) is 5.28 Å². The average Bonchev–Trinajstić information content (AvgIpc) is 3.19. The molecule has 1 aliphatic rings. The summed E-state index contributed by atoms with van der Waals surface area (Å²) in [5.74, 6) is -1.13. The standard InChI is InChI=1S/C20H18ClF3N4O/c1-2-3-4-7-28-10-14-17(25-19(21)26-18(14)27-28)16-13-9-12(20(22,23)24)6-5-11(13)8-15(16)29/h5-6,9-10,16H,2-4,7-8H2,1H3. The molecule has 0 amide bonds. The first-order chi connectivity index (χ1) is 13.8. The first kappa shape index (κ1) is 19.8. The molecule has 0 spiro atoms. The van der Waals surface area contributed by atoms with Crippen LogP contribution in [-0.2, 0) is 23.9 Å². The maximum absolute atomic E-state index is 13.2. The Balaban J connectivity index is 1.82. The lowest BCUT2D eigenvalue weighted by Gasteiger charge is -2.13. The van der Waals surface area contributed by atoms with Crippen molar-refractivity contribution in [2.45, 2.75) is 51.2 Å². The summed E-state index contributed by atoms with van der Waals surface area (Å²) in [4.78, 5) is 21.1. The number of rotatable bonds is 5. The van der Waals surface area contributed by atoms with E-state index in [2.05, 4.69) is 22.0 Å². The Morgan fingerprint density at radius 3 is 2.76 bits per heavy atom. The fourth-order valence-electron chi connectivity index (χ4n) is 3.77. The molecule has 2 heterocycles. The van der Waals surface area contributed by atoms with Gasteiger partial charge < -0.3 is 0 Å². The van der Waals surface area contributed by atoms with Crippen molar-refractivity contribution >= 4 is 28.4 Å². The maximum Gasteiger partial charge on any atom is 0.416 e. The fourth-order valence-corrected chi connectivity index (χ4v) is 3.94.